The van der Waals surface area contributed by atoms with Crippen molar-refractivity contribution in [2.24, 2.45) is 16.3 Å². The maximum Gasteiger partial charge on any atom is 0.255 e. The molecule has 0 aromatic carbocycles. The standard InChI is InChI=1S/C29H37N3O3S/c1-29(2,3)20-10-12-23-24(17-20)36-28(26(23)27(33)30-18-21-9-8-16-34-21)31-19-22-11-13-25(35-22)32-14-6-4-5-7-15-32/h8-9,11,13,16,19-20H,4-7,10,12,14-15,17-18H2,1-3H3,(H,30,33)/t20-/m0/s1. The molecule has 1 atom stereocenters. The van der Waals surface area contributed by atoms with Gasteiger partial charge in [0.2, 0.25) is 0 Å². The molecule has 4 heterocycles. The molecule has 5 rings (SSSR count). The predicted octanol–water partition coefficient (Wildman–Crippen LogP) is 7.15. The van der Waals surface area contributed by atoms with Crippen LogP contribution in [0.3, 0.4) is 0 Å². The number of nitrogens with zero attached hydrogens (tertiary/aromatic N) is 2. The highest BCUT2D eigenvalue weighted by molar-refractivity contribution is 7.16. The van der Waals surface area contributed by atoms with Crippen molar-refractivity contribution in [1.82, 2.24) is 5.32 Å². The number of rotatable bonds is 6. The van der Waals surface area contributed by atoms with Crippen LogP contribution in [0.5, 0.6) is 0 Å². The van der Waals surface area contributed by atoms with Crippen LogP contribution in [0.1, 0.15) is 85.2 Å². The van der Waals surface area contributed by atoms with Crippen molar-refractivity contribution in [2.45, 2.75) is 72.3 Å². The number of carbonyl (C=O) groups excluding carboxylic acids is 1. The van der Waals surface area contributed by atoms with Crippen LogP contribution >= 0.6 is 11.3 Å². The minimum atomic E-state index is -0.0880. The Bertz CT molecular complexity index is 1190. The lowest BCUT2D eigenvalue weighted by Crippen LogP contribution is -2.28. The molecule has 192 valence electrons. The van der Waals surface area contributed by atoms with E-state index in [9.17, 15) is 4.79 Å². The Kier molecular flexibility index (Phi) is 7.37. The van der Waals surface area contributed by atoms with E-state index in [2.05, 4.69) is 31.0 Å². The molecule has 1 aliphatic heterocycles. The monoisotopic (exact) mass is 507 g/mol. The molecule has 0 spiro atoms. The summed E-state index contributed by atoms with van der Waals surface area (Å²) in [5.74, 6) is 2.88. The first-order valence-corrected chi connectivity index (χ1v) is 14.0. The third-order valence-corrected chi connectivity index (χ3v) is 8.70. The van der Waals surface area contributed by atoms with Gasteiger partial charge in [0.25, 0.3) is 5.91 Å². The molecule has 1 saturated heterocycles. The second-order valence-corrected chi connectivity index (χ2v) is 12.2. The topological polar surface area (TPSA) is 71.0 Å². The summed E-state index contributed by atoms with van der Waals surface area (Å²) in [6, 6.07) is 7.72. The van der Waals surface area contributed by atoms with Gasteiger partial charge in [-0.3, -0.25) is 4.79 Å². The zero-order valence-electron chi connectivity index (χ0n) is 21.6. The Labute approximate surface area is 217 Å². The summed E-state index contributed by atoms with van der Waals surface area (Å²) in [5, 5.41) is 3.80. The van der Waals surface area contributed by atoms with Crippen LogP contribution in [0.2, 0.25) is 0 Å². The van der Waals surface area contributed by atoms with Gasteiger partial charge in [-0.2, -0.15) is 0 Å². The van der Waals surface area contributed by atoms with E-state index in [4.69, 9.17) is 13.8 Å². The van der Waals surface area contributed by atoms with Crippen LogP contribution in [0.25, 0.3) is 0 Å². The van der Waals surface area contributed by atoms with Crippen LogP contribution < -0.4 is 10.2 Å². The molecule has 1 aliphatic carbocycles. The highest BCUT2D eigenvalue weighted by Gasteiger charge is 2.33. The van der Waals surface area contributed by atoms with Crippen LogP contribution in [0.4, 0.5) is 10.9 Å². The first kappa shape index (κ1) is 24.9. The Morgan fingerprint density at radius 1 is 1.19 bits per heavy atom. The van der Waals surface area contributed by atoms with Crippen LogP contribution in [-0.4, -0.2) is 25.2 Å². The van der Waals surface area contributed by atoms with Gasteiger partial charge in [0, 0.05) is 24.0 Å². The minimum absolute atomic E-state index is 0.0880. The summed E-state index contributed by atoms with van der Waals surface area (Å²) in [6.45, 7) is 9.37. The Morgan fingerprint density at radius 2 is 2.00 bits per heavy atom. The lowest BCUT2D eigenvalue weighted by Gasteiger charge is -2.33. The molecule has 2 aliphatic rings. The van der Waals surface area contributed by atoms with Crippen molar-refractivity contribution in [3.8, 4) is 0 Å². The molecule has 0 bridgehead atoms. The van der Waals surface area contributed by atoms with Gasteiger partial charge in [-0.05, 0) is 67.2 Å². The van der Waals surface area contributed by atoms with Crippen LogP contribution in [0, 0.1) is 11.3 Å². The van der Waals surface area contributed by atoms with Crippen molar-refractivity contribution < 1.29 is 13.6 Å². The quantitative estimate of drug-likeness (QED) is 0.360. The fraction of sp³-hybridized carbons (Fsp3) is 0.517. The summed E-state index contributed by atoms with van der Waals surface area (Å²) in [7, 11) is 0. The van der Waals surface area contributed by atoms with E-state index in [0.29, 0.717) is 18.0 Å². The summed E-state index contributed by atoms with van der Waals surface area (Å²) in [5.41, 5.74) is 2.11. The van der Waals surface area contributed by atoms with E-state index in [-0.39, 0.29) is 11.3 Å². The van der Waals surface area contributed by atoms with Gasteiger partial charge in [-0.1, -0.05) is 33.6 Å². The highest BCUT2D eigenvalue weighted by Crippen LogP contribution is 2.45. The molecular weight excluding hydrogens is 470 g/mol. The van der Waals surface area contributed by atoms with E-state index in [0.717, 1.165) is 60.3 Å². The number of amides is 1. The van der Waals surface area contributed by atoms with E-state index in [1.165, 1.54) is 30.6 Å². The van der Waals surface area contributed by atoms with Crippen molar-refractivity contribution in [3.05, 3.63) is 58.1 Å². The normalized spacial score (nSPS) is 18.9. The summed E-state index contributed by atoms with van der Waals surface area (Å²) < 4.78 is 11.5. The number of fused-ring (bicyclic) bond motifs is 1. The smallest absolute Gasteiger partial charge is 0.255 e. The fourth-order valence-corrected chi connectivity index (χ4v) is 6.57. The Balaban J connectivity index is 1.39. The number of thiophene rings is 1. The number of hydrogen-bond donors (Lipinski definition) is 1. The maximum atomic E-state index is 13.4. The number of hydrogen-bond acceptors (Lipinski definition) is 6. The molecule has 1 N–H and O–H groups in total. The van der Waals surface area contributed by atoms with Crippen molar-refractivity contribution >= 4 is 34.3 Å². The van der Waals surface area contributed by atoms with E-state index < -0.39 is 0 Å². The fourth-order valence-electron chi connectivity index (χ4n) is 5.30. The van der Waals surface area contributed by atoms with Gasteiger partial charge in [-0.25, -0.2) is 4.99 Å². The van der Waals surface area contributed by atoms with E-state index in [1.807, 2.05) is 24.3 Å². The summed E-state index contributed by atoms with van der Waals surface area (Å²) in [6.07, 6.45) is 11.4. The average Bonchev–Trinajstić information content (AvgIpc) is 3.57. The van der Waals surface area contributed by atoms with Gasteiger partial charge in [-0.15, -0.1) is 11.3 Å². The predicted molar refractivity (Wildman–Crippen MR) is 146 cm³/mol. The zero-order chi connectivity index (χ0) is 25.1. The molecule has 3 aromatic rings. The zero-order valence-corrected chi connectivity index (χ0v) is 22.5. The summed E-state index contributed by atoms with van der Waals surface area (Å²) in [4.78, 5) is 21.8. The van der Waals surface area contributed by atoms with Gasteiger partial charge in [0.1, 0.15) is 16.5 Å². The van der Waals surface area contributed by atoms with Crippen molar-refractivity contribution in [2.75, 3.05) is 18.0 Å². The van der Waals surface area contributed by atoms with E-state index >= 15 is 0 Å². The molecule has 1 fully saturated rings. The highest BCUT2D eigenvalue weighted by atomic mass is 32.1. The van der Waals surface area contributed by atoms with Crippen molar-refractivity contribution in [1.29, 1.82) is 0 Å². The Hall–Kier alpha value is -2.80. The number of anilines is 1. The van der Waals surface area contributed by atoms with Gasteiger partial charge < -0.3 is 19.1 Å². The number of nitrogens with one attached hydrogen (secondary N) is 1. The molecular formula is C29H37N3O3S. The van der Waals surface area contributed by atoms with Crippen LogP contribution in [-0.2, 0) is 19.4 Å². The molecule has 36 heavy (non-hydrogen) atoms. The largest absolute Gasteiger partial charge is 0.467 e. The first-order chi connectivity index (χ1) is 17.4. The Morgan fingerprint density at radius 3 is 2.72 bits per heavy atom. The third-order valence-electron chi connectivity index (χ3n) is 7.54. The van der Waals surface area contributed by atoms with E-state index in [1.54, 1.807) is 23.8 Å². The second-order valence-electron chi connectivity index (χ2n) is 11.1. The molecule has 0 radical (unpaired) electrons. The van der Waals surface area contributed by atoms with Crippen molar-refractivity contribution in [3.63, 3.8) is 0 Å². The van der Waals surface area contributed by atoms with Crippen LogP contribution in [0.15, 0.2) is 44.4 Å². The molecule has 0 unspecified atom stereocenters. The van der Waals surface area contributed by atoms with Gasteiger partial charge in [0.05, 0.1) is 24.6 Å². The molecule has 3 aromatic heterocycles. The SMILES string of the molecule is CC(C)(C)[C@H]1CCc2c(sc(N=Cc3ccc(N4CCCCCC4)o3)c2C(=O)NCc2ccco2)C1. The first-order valence-electron chi connectivity index (χ1n) is 13.2. The number of carbonyl (C=O) groups is 1. The molecule has 6 nitrogen and oxygen atoms in total. The number of furan rings is 2. The second kappa shape index (κ2) is 10.7. The molecule has 0 saturated carbocycles. The lowest BCUT2D eigenvalue weighted by molar-refractivity contribution is 0.0947. The lowest BCUT2D eigenvalue weighted by atomic mass is 9.72. The number of aliphatic imine (C=N–C) groups is 1. The third kappa shape index (κ3) is 5.61. The molecule has 7 heteroatoms. The average molecular weight is 508 g/mol. The minimum Gasteiger partial charge on any atom is -0.467 e. The van der Waals surface area contributed by atoms with Gasteiger partial charge >= 0.3 is 0 Å². The van der Waals surface area contributed by atoms with Gasteiger partial charge in [0.15, 0.2) is 5.88 Å². The molecule has 1 amide bonds. The summed E-state index contributed by atoms with van der Waals surface area (Å²) >= 11 is 1.66. The maximum absolute atomic E-state index is 13.4.